The second-order valence-electron chi connectivity index (χ2n) is 5.45. The summed E-state index contributed by atoms with van der Waals surface area (Å²) >= 11 is 6.09. The lowest BCUT2D eigenvalue weighted by atomic mass is 10.0. The van der Waals surface area contributed by atoms with E-state index in [0.717, 1.165) is 5.56 Å². The molecule has 5 heteroatoms. The van der Waals surface area contributed by atoms with Crippen LogP contribution < -0.4 is 0 Å². The number of benzene rings is 2. The van der Waals surface area contributed by atoms with Crippen LogP contribution in [0.15, 0.2) is 54.6 Å². The highest BCUT2D eigenvalue weighted by Gasteiger charge is 2.37. The average Bonchev–Trinajstić information content (AvgIpc) is 2.91. The van der Waals surface area contributed by atoms with E-state index in [-0.39, 0.29) is 25.0 Å². The molecule has 0 aliphatic carbocycles. The first-order valence-corrected chi connectivity index (χ1v) is 7.79. The molecule has 1 atom stereocenters. The van der Waals surface area contributed by atoms with Crippen molar-refractivity contribution in [3.05, 3.63) is 70.7 Å². The van der Waals surface area contributed by atoms with Gasteiger partial charge < -0.3 is 4.74 Å². The van der Waals surface area contributed by atoms with Gasteiger partial charge in [-0.15, -0.1) is 0 Å². The lowest BCUT2D eigenvalue weighted by Crippen LogP contribution is -2.41. The van der Waals surface area contributed by atoms with Crippen LogP contribution in [-0.2, 0) is 22.4 Å². The summed E-state index contributed by atoms with van der Waals surface area (Å²) in [6.45, 7) is 0.224. The molecule has 1 heterocycles. The van der Waals surface area contributed by atoms with E-state index in [1.54, 1.807) is 18.2 Å². The Morgan fingerprint density at radius 2 is 1.83 bits per heavy atom. The Balaban J connectivity index is 1.74. The maximum absolute atomic E-state index is 12.5. The van der Waals surface area contributed by atoms with Crippen LogP contribution in [0.25, 0.3) is 0 Å². The molecule has 0 spiro atoms. The summed E-state index contributed by atoms with van der Waals surface area (Å²) in [5.41, 5.74) is 1.77. The summed E-state index contributed by atoms with van der Waals surface area (Å²) < 4.78 is 5.07. The molecule has 2 aromatic rings. The van der Waals surface area contributed by atoms with Crippen LogP contribution in [0.5, 0.6) is 0 Å². The zero-order valence-corrected chi connectivity index (χ0v) is 13.2. The van der Waals surface area contributed by atoms with Gasteiger partial charge in [-0.3, -0.25) is 4.79 Å². The summed E-state index contributed by atoms with van der Waals surface area (Å²) in [7, 11) is 0. The molecular weight excluding hydrogens is 314 g/mol. The van der Waals surface area contributed by atoms with Gasteiger partial charge in [0.2, 0.25) is 5.91 Å². The first kappa shape index (κ1) is 15.6. The van der Waals surface area contributed by atoms with E-state index in [0.29, 0.717) is 17.0 Å². The lowest BCUT2D eigenvalue weighted by molar-refractivity contribution is -0.128. The molecule has 0 unspecified atom stereocenters. The van der Waals surface area contributed by atoms with Crippen molar-refractivity contribution in [3.63, 3.8) is 0 Å². The van der Waals surface area contributed by atoms with Gasteiger partial charge in [0.05, 0.1) is 12.5 Å². The van der Waals surface area contributed by atoms with Gasteiger partial charge in [0.25, 0.3) is 0 Å². The van der Waals surface area contributed by atoms with E-state index >= 15 is 0 Å². The number of hydrogen-bond donors (Lipinski definition) is 0. The topological polar surface area (TPSA) is 46.6 Å². The predicted molar refractivity (Wildman–Crippen MR) is 87.3 cm³/mol. The van der Waals surface area contributed by atoms with Crippen molar-refractivity contribution in [2.75, 3.05) is 6.61 Å². The van der Waals surface area contributed by atoms with E-state index < -0.39 is 6.09 Å². The molecule has 118 valence electrons. The van der Waals surface area contributed by atoms with Crippen molar-refractivity contribution < 1.29 is 14.3 Å². The monoisotopic (exact) mass is 329 g/mol. The van der Waals surface area contributed by atoms with E-state index in [1.165, 1.54) is 4.90 Å². The van der Waals surface area contributed by atoms with Crippen LogP contribution in [0.4, 0.5) is 4.79 Å². The Bertz CT molecular complexity index is 717. The minimum absolute atomic E-state index is 0.0834. The van der Waals surface area contributed by atoms with Crippen LogP contribution in [0.3, 0.4) is 0 Å². The molecule has 23 heavy (non-hydrogen) atoms. The molecular formula is C18H16ClNO3. The zero-order chi connectivity index (χ0) is 16.2. The molecule has 1 aliphatic heterocycles. The summed E-state index contributed by atoms with van der Waals surface area (Å²) in [5, 5.41) is 0.521. The minimum atomic E-state index is -0.581. The summed E-state index contributed by atoms with van der Waals surface area (Å²) in [4.78, 5) is 25.7. The van der Waals surface area contributed by atoms with E-state index in [2.05, 4.69) is 0 Å². The molecule has 0 aromatic heterocycles. The van der Waals surface area contributed by atoms with Crippen LogP contribution in [0.2, 0.25) is 5.02 Å². The molecule has 3 rings (SSSR count). The number of ether oxygens (including phenoxy) is 1. The fraction of sp³-hybridized carbons (Fsp3) is 0.222. The Morgan fingerprint density at radius 3 is 2.57 bits per heavy atom. The minimum Gasteiger partial charge on any atom is -0.447 e. The number of rotatable bonds is 4. The van der Waals surface area contributed by atoms with E-state index in [4.69, 9.17) is 16.3 Å². The quantitative estimate of drug-likeness (QED) is 0.862. The molecule has 2 amide bonds. The molecule has 1 aliphatic rings. The van der Waals surface area contributed by atoms with Crippen molar-refractivity contribution >= 4 is 23.6 Å². The average molecular weight is 330 g/mol. The summed E-state index contributed by atoms with van der Waals surface area (Å²) in [6.07, 6.45) is 0.0870. The third-order valence-corrected chi connectivity index (χ3v) is 4.21. The molecule has 2 aromatic carbocycles. The maximum atomic E-state index is 12.5. The Morgan fingerprint density at radius 1 is 1.13 bits per heavy atom. The fourth-order valence-electron chi connectivity index (χ4n) is 2.69. The highest BCUT2D eigenvalue weighted by atomic mass is 35.5. The number of cyclic esters (lactones) is 1. The van der Waals surface area contributed by atoms with Crippen molar-refractivity contribution in [2.24, 2.45) is 0 Å². The second-order valence-corrected chi connectivity index (χ2v) is 5.86. The molecule has 4 nitrogen and oxygen atoms in total. The van der Waals surface area contributed by atoms with Gasteiger partial charge in [-0.2, -0.15) is 0 Å². The van der Waals surface area contributed by atoms with E-state index in [9.17, 15) is 9.59 Å². The van der Waals surface area contributed by atoms with Gasteiger partial charge >= 0.3 is 6.09 Å². The van der Waals surface area contributed by atoms with Gasteiger partial charge in [0, 0.05) is 5.02 Å². The number of hydrogen-bond acceptors (Lipinski definition) is 3. The van der Waals surface area contributed by atoms with Crippen LogP contribution in [0.1, 0.15) is 11.1 Å². The van der Waals surface area contributed by atoms with E-state index in [1.807, 2.05) is 36.4 Å². The predicted octanol–water partition coefficient (Wildman–Crippen LogP) is 3.47. The van der Waals surface area contributed by atoms with Crippen molar-refractivity contribution in [1.82, 2.24) is 4.90 Å². The van der Waals surface area contributed by atoms with Gasteiger partial charge in [-0.1, -0.05) is 60.1 Å². The molecule has 0 saturated carbocycles. The number of nitrogens with zero attached hydrogens (tertiary/aromatic N) is 1. The van der Waals surface area contributed by atoms with Gasteiger partial charge in [-0.25, -0.2) is 9.69 Å². The van der Waals surface area contributed by atoms with Crippen LogP contribution >= 0.6 is 11.6 Å². The summed E-state index contributed by atoms with van der Waals surface area (Å²) in [6, 6.07) is 16.6. The van der Waals surface area contributed by atoms with Gasteiger partial charge in [0.15, 0.2) is 0 Å². The third kappa shape index (κ3) is 3.54. The number of carbonyl (C=O) groups excluding carboxylic acids is 2. The molecule has 0 N–H and O–H groups in total. The zero-order valence-electron chi connectivity index (χ0n) is 12.4. The standard InChI is InChI=1S/C18H16ClNO3/c19-16-9-5-4-8-14(16)11-17(21)20-15(12-23-18(20)22)10-13-6-2-1-3-7-13/h1-9,15H,10-12H2/t15-/m1/s1. The maximum Gasteiger partial charge on any atom is 0.416 e. The smallest absolute Gasteiger partial charge is 0.416 e. The Labute approximate surface area is 139 Å². The highest BCUT2D eigenvalue weighted by Crippen LogP contribution is 2.21. The Hall–Kier alpha value is -2.33. The molecule has 1 saturated heterocycles. The van der Waals surface area contributed by atoms with Gasteiger partial charge in [0.1, 0.15) is 6.61 Å². The third-order valence-electron chi connectivity index (χ3n) is 3.84. The fourth-order valence-corrected chi connectivity index (χ4v) is 2.89. The SMILES string of the molecule is O=C(Cc1ccccc1Cl)N1C(=O)OC[C@H]1Cc1ccccc1. The lowest BCUT2D eigenvalue weighted by Gasteiger charge is -2.20. The normalized spacial score (nSPS) is 17.2. The largest absolute Gasteiger partial charge is 0.447 e. The first-order chi connectivity index (χ1) is 11.1. The van der Waals surface area contributed by atoms with Crippen LogP contribution in [-0.4, -0.2) is 29.5 Å². The van der Waals surface area contributed by atoms with Gasteiger partial charge in [-0.05, 0) is 23.6 Å². The first-order valence-electron chi connectivity index (χ1n) is 7.41. The number of imide groups is 1. The molecule has 1 fully saturated rings. The molecule has 0 bridgehead atoms. The van der Waals surface area contributed by atoms with Crippen molar-refractivity contribution in [2.45, 2.75) is 18.9 Å². The second kappa shape index (κ2) is 6.84. The van der Waals surface area contributed by atoms with Crippen LogP contribution in [0, 0.1) is 0 Å². The number of halogens is 1. The molecule has 0 radical (unpaired) electrons. The Kier molecular flexibility index (Phi) is 4.63. The van der Waals surface area contributed by atoms with Crippen molar-refractivity contribution in [1.29, 1.82) is 0 Å². The number of carbonyl (C=O) groups is 2. The summed E-state index contributed by atoms with van der Waals surface area (Å²) in [5.74, 6) is -0.290. The highest BCUT2D eigenvalue weighted by molar-refractivity contribution is 6.31. The number of amides is 2. The van der Waals surface area contributed by atoms with Crippen molar-refractivity contribution in [3.8, 4) is 0 Å².